The number of benzene rings is 2. The molecule has 4 aromatic rings. The van der Waals surface area contributed by atoms with E-state index in [2.05, 4.69) is 16.5 Å². The highest BCUT2D eigenvalue weighted by atomic mass is 16.5. The molecule has 0 aliphatic carbocycles. The Bertz CT molecular complexity index is 1330. The summed E-state index contributed by atoms with van der Waals surface area (Å²) in [5.74, 6) is 1.84. The number of nitrogens with two attached hydrogens (primary N) is 1. The summed E-state index contributed by atoms with van der Waals surface area (Å²) in [6.45, 7) is 4.89. The Morgan fingerprint density at radius 2 is 1.85 bits per heavy atom. The van der Waals surface area contributed by atoms with Gasteiger partial charge in [0, 0.05) is 18.7 Å². The van der Waals surface area contributed by atoms with E-state index in [9.17, 15) is 9.90 Å². The smallest absolute Gasteiger partial charge is 0.407 e. The van der Waals surface area contributed by atoms with Gasteiger partial charge in [0.15, 0.2) is 0 Å². The number of amides is 1. The Balaban J connectivity index is 1.60. The van der Waals surface area contributed by atoms with E-state index in [4.69, 9.17) is 10.5 Å². The van der Waals surface area contributed by atoms with Crippen LogP contribution in [0.2, 0.25) is 0 Å². The first-order chi connectivity index (χ1) is 16.1. The number of anilines is 1. The van der Waals surface area contributed by atoms with Crippen molar-refractivity contribution in [3.8, 4) is 22.6 Å². The number of likely N-dealkylation sites (tertiary alicyclic amines) is 1. The first-order valence-corrected chi connectivity index (χ1v) is 10.6. The van der Waals surface area contributed by atoms with Gasteiger partial charge in [-0.25, -0.2) is 14.8 Å². The van der Waals surface area contributed by atoms with Crippen molar-refractivity contribution in [2.45, 2.75) is 12.5 Å². The van der Waals surface area contributed by atoms with Crippen molar-refractivity contribution < 1.29 is 14.6 Å². The molecule has 2 aromatic carbocycles. The Morgan fingerprint density at radius 3 is 2.52 bits per heavy atom. The van der Waals surface area contributed by atoms with E-state index in [0.717, 1.165) is 28.0 Å². The summed E-state index contributed by atoms with van der Waals surface area (Å²) in [6.07, 6.45) is 2.97. The molecule has 166 valence electrons. The molecule has 1 aliphatic heterocycles. The van der Waals surface area contributed by atoms with Gasteiger partial charge < -0.3 is 25.0 Å². The lowest BCUT2D eigenvalue weighted by Gasteiger charge is -2.17. The fourth-order valence-electron chi connectivity index (χ4n) is 4.48. The van der Waals surface area contributed by atoms with E-state index in [1.807, 2.05) is 59.2 Å². The Labute approximate surface area is 190 Å². The number of rotatable bonds is 5. The maximum absolute atomic E-state index is 11.5. The van der Waals surface area contributed by atoms with Gasteiger partial charge in [-0.3, -0.25) is 0 Å². The monoisotopic (exact) mass is 441 g/mol. The molecular formula is C25H23N5O3. The van der Waals surface area contributed by atoms with Gasteiger partial charge in [-0.05, 0) is 42.3 Å². The highest BCUT2D eigenvalue weighted by Crippen LogP contribution is 2.41. The molecule has 2 aromatic heterocycles. The maximum Gasteiger partial charge on any atom is 0.407 e. The van der Waals surface area contributed by atoms with Gasteiger partial charge in [0.1, 0.15) is 29.3 Å². The second-order valence-corrected chi connectivity index (χ2v) is 7.90. The lowest BCUT2D eigenvalue weighted by atomic mass is 10.0. The van der Waals surface area contributed by atoms with Crippen LogP contribution in [0.15, 0.2) is 67.5 Å². The van der Waals surface area contributed by atoms with Gasteiger partial charge >= 0.3 is 6.09 Å². The molecule has 0 radical (unpaired) electrons. The number of fused-ring (bicyclic) bond motifs is 1. The molecule has 5 rings (SSSR count). The van der Waals surface area contributed by atoms with Gasteiger partial charge in [-0.1, -0.05) is 36.9 Å². The van der Waals surface area contributed by atoms with Crippen molar-refractivity contribution in [2.24, 2.45) is 0 Å². The lowest BCUT2D eigenvalue weighted by Crippen LogP contribution is -2.27. The molecule has 1 aliphatic rings. The van der Waals surface area contributed by atoms with Crippen LogP contribution in [-0.2, 0) is 0 Å². The van der Waals surface area contributed by atoms with Crippen LogP contribution in [0.3, 0.4) is 0 Å². The van der Waals surface area contributed by atoms with Crippen LogP contribution >= 0.6 is 0 Å². The van der Waals surface area contributed by atoms with Crippen molar-refractivity contribution in [1.82, 2.24) is 19.4 Å². The van der Waals surface area contributed by atoms with Crippen LogP contribution in [0.4, 0.5) is 10.6 Å². The van der Waals surface area contributed by atoms with E-state index in [1.165, 1.54) is 11.2 Å². The van der Waals surface area contributed by atoms with Gasteiger partial charge in [0.2, 0.25) is 0 Å². The molecule has 0 spiro atoms. The van der Waals surface area contributed by atoms with Crippen LogP contribution in [0, 0.1) is 0 Å². The fraction of sp³-hybridized carbons (Fsp3) is 0.160. The standard InChI is InChI=1S/C25H23N5O3/c1-2-20-21(16-8-10-19(11-9-16)33-18-6-4-3-5-7-18)22-23(26)27-15-28-24(22)30(20)17-12-13-29(14-17)25(31)32/h2-11,15,17H,1,12-14H2,(H,31,32)(H2,26,27,28). The molecule has 3 N–H and O–H groups in total. The second kappa shape index (κ2) is 8.31. The lowest BCUT2D eigenvalue weighted by molar-refractivity contribution is 0.154. The summed E-state index contributed by atoms with van der Waals surface area (Å²) in [7, 11) is 0. The quantitative estimate of drug-likeness (QED) is 0.449. The number of carbonyl (C=O) groups is 1. The van der Waals surface area contributed by atoms with E-state index in [-0.39, 0.29) is 6.04 Å². The van der Waals surface area contributed by atoms with Crippen LogP contribution < -0.4 is 10.5 Å². The minimum absolute atomic E-state index is 0.0691. The molecule has 1 fully saturated rings. The molecule has 1 unspecified atom stereocenters. The Kier molecular flexibility index (Phi) is 5.18. The van der Waals surface area contributed by atoms with Crippen LogP contribution in [0.1, 0.15) is 18.2 Å². The molecular weight excluding hydrogens is 418 g/mol. The number of hydrogen-bond acceptors (Lipinski definition) is 5. The molecule has 8 nitrogen and oxygen atoms in total. The van der Waals surface area contributed by atoms with Gasteiger partial charge in [0.05, 0.1) is 17.1 Å². The zero-order valence-corrected chi connectivity index (χ0v) is 17.9. The first kappa shape index (κ1) is 20.6. The van der Waals surface area contributed by atoms with Crippen molar-refractivity contribution in [3.63, 3.8) is 0 Å². The van der Waals surface area contributed by atoms with E-state index < -0.39 is 6.09 Å². The zero-order chi connectivity index (χ0) is 22.9. The SMILES string of the molecule is C=Cc1c(-c2ccc(Oc3ccccc3)cc2)c2c(N)ncnc2n1C1CCN(C(=O)O)C1. The van der Waals surface area contributed by atoms with Crippen molar-refractivity contribution >= 4 is 29.0 Å². The predicted molar refractivity (Wildman–Crippen MR) is 127 cm³/mol. The van der Waals surface area contributed by atoms with E-state index >= 15 is 0 Å². The second-order valence-electron chi connectivity index (χ2n) is 7.90. The zero-order valence-electron chi connectivity index (χ0n) is 17.9. The maximum atomic E-state index is 11.5. The molecule has 33 heavy (non-hydrogen) atoms. The van der Waals surface area contributed by atoms with Crippen molar-refractivity contribution in [1.29, 1.82) is 0 Å². The Hall–Kier alpha value is -4.33. The van der Waals surface area contributed by atoms with Crippen molar-refractivity contribution in [3.05, 3.63) is 73.2 Å². The van der Waals surface area contributed by atoms with Crippen LogP contribution in [-0.4, -0.2) is 43.7 Å². The molecule has 0 saturated carbocycles. The molecule has 1 saturated heterocycles. The molecule has 3 heterocycles. The topological polar surface area (TPSA) is 107 Å². The number of nitrogens with zero attached hydrogens (tertiary/aromatic N) is 4. The molecule has 1 atom stereocenters. The number of hydrogen-bond donors (Lipinski definition) is 2. The minimum atomic E-state index is -0.919. The molecule has 8 heteroatoms. The molecule has 1 amide bonds. The number of ether oxygens (including phenoxy) is 1. The third-order valence-electron chi connectivity index (χ3n) is 5.96. The average molecular weight is 441 g/mol. The number of nitrogen functional groups attached to an aromatic ring is 1. The number of carboxylic acid groups (broad SMARTS) is 1. The van der Waals surface area contributed by atoms with E-state index in [0.29, 0.717) is 36.7 Å². The third-order valence-corrected chi connectivity index (χ3v) is 5.96. The Morgan fingerprint density at radius 1 is 1.12 bits per heavy atom. The van der Waals surface area contributed by atoms with Gasteiger partial charge in [-0.2, -0.15) is 0 Å². The predicted octanol–water partition coefficient (Wildman–Crippen LogP) is 5.04. The highest BCUT2D eigenvalue weighted by molar-refractivity contribution is 6.04. The summed E-state index contributed by atoms with van der Waals surface area (Å²) >= 11 is 0. The van der Waals surface area contributed by atoms with Crippen LogP contribution in [0.25, 0.3) is 28.2 Å². The summed E-state index contributed by atoms with van der Waals surface area (Å²) in [6, 6.07) is 17.3. The third kappa shape index (κ3) is 3.65. The minimum Gasteiger partial charge on any atom is -0.465 e. The summed E-state index contributed by atoms with van der Waals surface area (Å²) < 4.78 is 7.97. The van der Waals surface area contributed by atoms with Gasteiger partial charge in [-0.15, -0.1) is 0 Å². The van der Waals surface area contributed by atoms with E-state index in [1.54, 1.807) is 6.08 Å². The summed E-state index contributed by atoms with van der Waals surface area (Å²) in [4.78, 5) is 21.6. The largest absolute Gasteiger partial charge is 0.465 e. The average Bonchev–Trinajstić information content (AvgIpc) is 3.44. The normalized spacial score (nSPS) is 15.6. The first-order valence-electron chi connectivity index (χ1n) is 10.6. The van der Waals surface area contributed by atoms with Gasteiger partial charge in [0.25, 0.3) is 0 Å². The van der Waals surface area contributed by atoms with Crippen LogP contribution in [0.5, 0.6) is 11.5 Å². The summed E-state index contributed by atoms with van der Waals surface area (Å²) in [5.41, 5.74) is 9.62. The van der Waals surface area contributed by atoms with Crippen molar-refractivity contribution in [2.75, 3.05) is 18.8 Å². The summed E-state index contributed by atoms with van der Waals surface area (Å²) in [5, 5.41) is 10.1. The molecule has 0 bridgehead atoms. The highest BCUT2D eigenvalue weighted by Gasteiger charge is 2.31. The number of aromatic nitrogens is 3. The number of para-hydroxylation sites is 1. The fourth-order valence-corrected chi connectivity index (χ4v) is 4.48.